The van der Waals surface area contributed by atoms with Gasteiger partial charge in [-0.05, 0) is 74.7 Å². The Morgan fingerprint density at radius 3 is 2.05 bits per heavy atom. The van der Waals surface area contributed by atoms with Gasteiger partial charge in [0, 0.05) is 4.88 Å². The molecule has 0 spiro atoms. The molecule has 0 amide bonds. The quantitative estimate of drug-likeness (QED) is 0.0476. The molecule has 1 heterocycles. The molecular formula is C25H27O8PS3. The summed E-state index contributed by atoms with van der Waals surface area (Å²) in [5, 5.41) is 0. The summed E-state index contributed by atoms with van der Waals surface area (Å²) in [7, 11) is -0.445. The molecule has 8 nitrogen and oxygen atoms in total. The topological polar surface area (TPSA) is 97.4 Å². The Bertz CT molecular complexity index is 1280. The minimum atomic E-state index is -3.56. The molecule has 0 aliphatic carbocycles. The number of rotatable bonds is 14. The van der Waals surface area contributed by atoms with Gasteiger partial charge < -0.3 is 9.47 Å². The number of unbranched alkanes of at least 4 members (excludes halogenated alkanes) is 1. The van der Waals surface area contributed by atoms with Gasteiger partial charge >= 0.3 is 19.8 Å². The van der Waals surface area contributed by atoms with Gasteiger partial charge in [-0.15, -0.1) is 0 Å². The fourth-order valence-electron chi connectivity index (χ4n) is 3.11. The molecule has 3 rings (SSSR count). The number of benzene rings is 2. The van der Waals surface area contributed by atoms with Crippen LogP contribution < -0.4 is 4.74 Å². The van der Waals surface area contributed by atoms with Crippen molar-refractivity contribution in [3.8, 4) is 16.2 Å². The van der Waals surface area contributed by atoms with Crippen LogP contribution in [0.5, 0.6) is 5.75 Å². The molecule has 0 N–H and O–H groups in total. The SMILES string of the molecule is CCOP(=O)(OCC)OCCCCOC(=O)c1ccccc1C(=O)Oc1ccc(-c2cc(=S)ss2)cc1. The Morgan fingerprint density at radius 2 is 1.46 bits per heavy atom. The zero-order chi connectivity index (χ0) is 26.7. The molecule has 3 aromatic rings. The third-order valence-corrected chi connectivity index (χ3v) is 9.33. The summed E-state index contributed by atoms with van der Waals surface area (Å²) < 4.78 is 39.2. The van der Waals surface area contributed by atoms with Crippen molar-refractivity contribution in [2.45, 2.75) is 26.7 Å². The monoisotopic (exact) mass is 582 g/mol. The summed E-state index contributed by atoms with van der Waals surface area (Å²) in [6.45, 7) is 4.01. The summed E-state index contributed by atoms with van der Waals surface area (Å²) in [6.07, 6.45) is 0.928. The van der Waals surface area contributed by atoms with Crippen molar-refractivity contribution in [1.29, 1.82) is 0 Å². The van der Waals surface area contributed by atoms with E-state index in [1.165, 1.54) is 22.5 Å². The van der Waals surface area contributed by atoms with E-state index < -0.39 is 19.8 Å². The van der Waals surface area contributed by atoms with Crippen LogP contribution in [0.4, 0.5) is 0 Å². The van der Waals surface area contributed by atoms with Gasteiger partial charge in [-0.1, -0.05) is 45.0 Å². The fraction of sp³-hybridized carbons (Fsp3) is 0.320. The van der Waals surface area contributed by atoms with Gasteiger partial charge in [-0.2, -0.15) is 0 Å². The maximum Gasteiger partial charge on any atom is 0.474 e. The van der Waals surface area contributed by atoms with Crippen LogP contribution in [0.1, 0.15) is 47.4 Å². The maximum atomic E-state index is 12.8. The lowest BCUT2D eigenvalue weighted by molar-refractivity contribution is 0.0480. The normalized spacial score (nSPS) is 11.3. The molecule has 0 fully saturated rings. The Kier molecular flexibility index (Phi) is 11.6. The first kappa shape index (κ1) is 29.3. The largest absolute Gasteiger partial charge is 0.474 e. The van der Waals surface area contributed by atoms with Gasteiger partial charge in [0.15, 0.2) is 0 Å². The molecule has 0 saturated carbocycles. The van der Waals surface area contributed by atoms with E-state index in [1.807, 2.05) is 18.2 Å². The van der Waals surface area contributed by atoms with Crippen molar-refractivity contribution in [3.05, 3.63) is 69.5 Å². The van der Waals surface area contributed by atoms with Crippen molar-refractivity contribution in [3.63, 3.8) is 0 Å². The second kappa shape index (κ2) is 14.6. The average Bonchev–Trinajstić information content (AvgIpc) is 3.33. The van der Waals surface area contributed by atoms with E-state index in [1.54, 1.807) is 48.5 Å². The van der Waals surface area contributed by atoms with Crippen molar-refractivity contribution < 1.29 is 37.2 Å². The second-order valence-electron chi connectivity index (χ2n) is 7.41. The van der Waals surface area contributed by atoms with Crippen molar-refractivity contribution in [1.82, 2.24) is 0 Å². The van der Waals surface area contributed by atoms with Crippen LogP contribution in [0.15, 0.2) is 54.6 Å². The highest BCUT2D eigenvalue weighted by molar-refractivity contribution is 7.80. The highest BCUT2D eigenvalue weighted by Crippen LogP contribution is 2.49. The number of carbonyl (C=O) groups excluding carboxylic acids is 2. The van der Waals surface area contributed by atoms with Gasteiger partial charge in [-0.3, -0.25) is 13.6 Å². The maximum absolute atomic E-state index is 12.8. The number of hydrogen-bond donors (Lipinski definition) is 0. The number of carbonyl (C=O) groups is 2. The first-order valence-corrected chi connectivity index (χ1v) is 15.6. The standard InChI is InChI=1S/C25H27O8PS3/c1-3-30-34(28,31-4-2)32-16-8-7-15-29-24(26)20-9-5-6-10-21(20)25(27)33-19-13-11-18(12-14-19)22-17-23(35)37-36-22/h5-6,9-14,17H,3-4,7-8,15-16H2,1-2H3. The second-order valence-corrected chi connectivity index (χ2v) is 12.0. The Morgan fingerprint density at radius 1 is 0.838 bits per heavy atom. The molecule has 0 aliphatic rings. The third kappa shape index (κ3) is 8.93. The number of phosphoric acid groups is 1. The van der Waals surface area contributed by atoms with Gasteiger partial charge in [0.2, 0.25) is 0 Å². The summed E-state index contributed by atoms with van der Waals surface area (Å²) in [5.74, 6) is -0.952. The fourth-order valence-corrected chi connectivity index (χ4v) is 6.72. The Labute approximate surface area is 228 Å². The lowest BCUT2D eigenvalue weighted by Gasteiger charge is -2.16. The predicted octanol–water partition coefficient (Wildman–Crippen LogP) is 7.56. The Hall–Kier alpha value is -2.24. The van der Waals surface area contributed by atoms with Crippen LogP contribution >= 0.6 is 40.7 Å². The summed E-state index contributed by atoms with van der Waals surface area (Å²) in [6, 6.07) is 15.3. The Balaban J connectivity index is 1.51. The molecule has 0 atom stereocenters. The first-order chi connectivity index (χ1) is 17.8. The summed E-state index contributed by atoms with van der Waals surface area (Å²) in [5.41, 5.74) is 1.19. The van der Waals surface area contributed by atoms with Crippen molar-refractivity contribution in [2.24, 2.45) is 0 Å². The lowest BCUT2D eigenvalue weighted by Crippen LogP contribution is -2.16. The smallest absolute Gasteiger partial charge is 0.462 e. The van der Waals surface area contributed by atoms with Gasteiger partial charge in [0.1, 0.15) is 9.57 Å². The average molecular weight is 583 g/mol. The highest BCUT2D eigenvalue weighted by atomic mass is 32.9. The lowest BCUT2D eigenvalue weighted by atomic mass is 10.1. The number of hydrogen-bond acceptors (Lipinski definition) is 11. The molecule has 0 radical (unpaired) electrons. The van der Waals surface area contributed by atoms with Crippen LogP contribution in [-0.4, -0.2) is 38.4 Å². The minimum Gasteiger partial charge on any atom is -0.462 e. The van der Waals surface area contributed by atoms with Gasteiger partial charge in [-0.25, -0.2) is 14.2 Å². The zero-order valence-electron chi connectivity index (χ0n) is 20.4. The van der Waals surface area contributed by atoms with E-state index in [9.17, 15) is 14.2 Å². The molecular weight excluding hydrogens is 555 g/mol. The molecule has 198 valence electrons. The zero-order valence-corrected chi connectivity index (χ0v) is 23.7. The number of esters is 2. The molecule has 0 unspecified atom stereocenters. The summed E-state index contributed by atoms with van der Waals surface area (Å²) >= 11 is 5.18. The first-order valence-electron chi connectivity index (χ1n) is 11.6. The molecule has 2 aromatic carbocycles. The predicted molar refractivity (Wildman–Crippen MR) is 146 cm³/mol. The van der Waals surface area contributed by atoms with Gasteiger partial charge in [0.05, 0.1) is 37.6 Å². The van der Waals surface area contributed by atoms with Crippen LogP contribution in [0.25, 0.3) is 10.4 Å². The van der Waals surface area contributed by atoms with E-state index in [4.69, 9.17) is 35.3 Å². The van der Waals surface area contributed by atoms with Crippen LogP contribution in [-0.2, 0) is 22.9 Å². The highest BCUT2D eigenvalue weighted by Gasteiger charge is 2.25. The number of ether oxygens (including phenoxy) is 2. The van der Waals surface area contributed by atoms with E-state index in [-0.39, 0.29) is 37.6 Å². The van der Waals surface area contributed by atoms with E-state index in [0.717, 1.165) is 14.3 Å². The number of phosphoric ester groups is 1. The molecule has 0 bridgehead atoms. The minimum absolute atomic E-state index is 0.0934. The van der Waals surface area contributed by atoms with Crippen molar-refractivity contribution >= 4 is 52.7 Å². The molecule has 0 aliphatic heterocycles. The molecule has 1 aromatic heterocycles. The van der Waals surface area contributed by atoms with E-state index in [0.29, 0.717) is 18.6 Å². The van der Waals surface area contributed by atoms with Crippen LogP contribution in [0.2, 0.25) is 0 Å². The third-order valence-electron chi connectivity index (χ3n) is 4.77. The van der Waals surface area contributed by atoms with E-state index in [2.05, 4.69) is 0 Å². The molecule has 12 heteroatoms. The van der Waals surface area contributed by atoms with Gasteiger partial charge in [0.25, 0.3) is 0 Å². The molecule has 37 heavy (non-hydrogen) atoms. The summed E-state index contributed by atoms with van der Waals surface area (Å²) in [4.78, 5) is 26.5. The van der Waals surface area contributed by atoms with Crippen LogP contribution in [0.3, 0.4) is 0 Å². The van der Waals surface area contributed by atoms with Crippen LogP contribution in [0, 0.1) is 3.82 Å². The van der Waals surface area contributed by atoms with E-state index >= 15 is 0 Å². The van der Waals surface area contributed by atoms with Crippen molar-refractivity contribution in [2.75, 3.05) is 26.4 Å². The molecule has 0 saturated heterocycles.